The van der Waals surface area contributed by atoms with Gasteiger partial charge in [-0.2, -0.15) is 18.2 Å². The molecular weight excluding hydrogens is 600 g/mol. The average molecular weight is 627 g/mol. The van der Waals surface area contributed by atoms with Crippen LogP contribution in [0.1, 0.15) is 5.56 Å². The van der Waals surface area contributed by atoms with Crippen LogP contribution in [0, 0.1) is 5.82 Å². The van der Waals surface area contributed by atoms with Crippen LogP contribution in [0.5, 0.6) is 0 Å². The molecule has 0 radical (unpaired) electrons. The zero-order chi connectivity index (χ0) is 30.2. The summed E-state index contributed by atoms with van der Waals surface area (Å²) in [6, 6.07) is 4.41. The minimum absolute atomic E-state index is 0.0585. The first-order chi connectivity index (χ1) is 20.0. The van der Waals surface area contributed by atoms with Crippen molar-refractivity contribution in [3.05, 3.63) is 63.8 Å². The summed E-state index contributed by atoms with van der Waals surface area (Å²) < 4.78 is 70.7. The molecule has 14 heteroatoms. The number of ether oxygens (including phenoxy) is 2. The Bertz CT molecular complexity index is 1590. The maximum absolute atomic E-state index is 14.8. The first-order valence-corrected chi connectivity index (χ1v) is 14.4. The van der Waals surface area contributed by atoms with Crippen LogP contribution < -0.4 is 10.6 Å². The Labute approximate surface area is 247 Å². The summed E-state index contributed by atoms with van der Waals surface area (Å²) >= 11 is 7.14. The molecule has 1 amide bonds. The summed E-state index contributed by atoms with van der Waals surface area (Å²) in [5.74, 6) is -0.682. The number of anilines is 1. The average Bonchev–Trinajstić information content (AvgIpc) is 3.16. The van der Waals surface area contributed by atoms with Crippen molar-refractivity contribution in [3.63, 3.8) is 0 Å². The van der Waals surface area contributed by atoms with Gasteiger partial charge in [-0.05, 0) is 29.8 Å². The maximum Gasteiger partial charge on any atom is 0.417 e. The van der Waals surface area contributed by atoms with Crippen molar-refractivity contribution in [2.75, 3.05) is 57.2 Å². The van der Waals surface area contributed by atoms with Crippen molar-refractivity contribution in [1.29, 1.82) is 0 Å². The zero-order valence-electron chi connectivity index (χ0n) is 22.5. The van der Waals surface area contributed by atoms with Gasteiger partial charge in [0.05, 0.1) is 42.0 Å². The van der Waals surface area contributed by atoms with Gasteiger partial charge in [0.15, 0.2) is 0 Å². The molecule has 42 heavy (non-hydrogen) atoms. The van der Waals surface area contributed by atoms with Crippen molar-refractivity contribution in [2.24, 2.45) is 0 Å². The number of carbonyl (C=O) groups is 1. The summed E-state index contributed by atoms with van der Waals surface area (Å²) in [7, 11) is 1.52. The molecule has 0 aliphatic carbocycles. The third-order valence-electron chi connectivity index (χ3n) is 7.22. The zero-order valence-corrected chi connectivity index (χ0v) is 24.1. The van der Waals surface area contributed by atoms with E-state index in [1.807, 2.05) is 0 Å². The van der Waals surface area contributed by atoms with Crippen molar-refractivity contribution >= 4 is 46.0 Å². The highest BCUT2D eigenvalue weighted by Gasteiger charge is 2.39. The number of hydrogen-bond acceptors (Lipinski definition) is 7. The first kappa shape index (κ1) is 30.3. The molecule has 3 heterocycles. The molecule has 3 aromatic rings. The van der Waals surface area contributed by atoms with E-state index in [4.69, 9.17) is 21.1 Å². The summed E-state index contributed by atoms with van der Waals surface area (Å²) in [6.45, 7) is 5.16. The van der Waals surface area contributed by atoms with E-state index in [1.54, 1.807) is 9.80 Å². The predicted molar refractivity (Wildman–Crippen MR) is 153 cm³/mol. The molecule has 1 fully saturated rings. The summed E-state index contributed by atoms with van der Waals surface area (Å²) in [4.78, 5) is 33.4. The van der Waals surface area contributed by atoms with Crippen molar-refractivity contribution in [3.8, 4) is 11.1 Å². The number of rotatable bonds is 7. The fraction of sp³-hybridized carbons (Fsp3) is 0.393. The molecule has 1 saturated heterocycles. The number of halogens is 5. The molecule has 0 spiro atoms. The predicted octanol–water partition coefficient (Wildman–Crippen LogP) is 4.85. The van der Waals surface area contributed by atoms with Crippen molar-refractivity contribution in [1.82, 2.24) is 14.5 Å². The highest BCUT2D eigenvalue weighted by molar-refractivity contribution is 7.99. The highest BCUT2D eigenvalue weighted by atomic mass is 35.5. The largest absolute Gasteiger partial charge is 0.417 e. The Morgan fingerprint density at radius 1 is 1.21 bits per heavy atom. The summed E-state index contributed by atoms with van der Waals surface area (Å²) in [5.41, 5.74) is -1.47. The SMILES string of the molecule is C=CC(=O)N1CCN(c2nc(=O)n3c4c(c(-c5ccc(F)c(Cl)c5)c(C(F)(F)F)cc24)SCC(OCCOC)C3)CC1. The molecular formula is C28H27ClF4N4O4S. The molecule has 8 nitrogen and oxygen atoms in total. The van der Waals surface area contributed by atoms with E-state index >= 15 is 0 Å². The number of amides is 1. The standard InChI is InChI=1S/C28H27ClF4N4O4S/c1-3-22(38)35-6-8-36(9-7-35)26-18-13-19(28(31,32)33)23(16-4-5-21(30)20(29)12-16)25-24(18)37(27(39)34-26)14-17(15-42-25)41-11-10-40-2/h3-5,12-13,17H,1,6-11,14-15H2,2H3. The number of hydrogen-bond donors (Lipinski definition) is 0. The normalized spacial score (nSPS) is 17.4. The molecule has 2 aliphatic heterocycles. The van der Waals surface area contributed by atoms with Gasteiger partial charge in [0.25, 0.3) is 0 Å². The highest BCUT2D eigenvalue weighted by Crippen LogP contribution is 2.48. The van der Waals surface area contributed by atoms with Gasteiger partial charge in [-0.25, -0.2) is 9.18 Å². The third-order valence-corrected chi connectivity index (χ3v) is 8.73. The number of thioether (sulfide) groups is 1. The van der Waals surface area contributed by atoms with Gasteiger partial charge in [0.1, 0.15) is 11.6 Å². The second kappa shape index (κ2) is 12.2. The fourth-order valence-electron chi connectivity index (χ4n) is 5.21. The van der Waals surface area contributed by atoms with Gasteiger partial charge in [-0.1, -0.05) is 24.2 Å². The van der Waals surface area contributed by atoms with Crippen LogP contribution >= 0.6 is 23.4 Å². The monoisotopic (exact) mass is 626 g/mol. The van der Waals surface area contributed by atoms with E-state index in [9.17, 15) is 27.2 Å². The Hall–Kier alpha value is -3.13. The molecule has 0 bridgehead atoms. The van der Waals surface area contributed by atoms with Crippen LogP contribution in [0.4, 0.5) is 23.4 Å². The number of carbonyl (C=O) groups excluding carboxylic acids is 1. The van der Waals surface area contributed by atoms with Gasteiger partial charge in [0, 0.05) is 54.9 Å². The van der Waals surface area contributed by atoms with Crippen molar-refractivity contribution < 1.29 is 31.8 Å². The van der Waals surface area contributed by atoms with E-state index < -0.39 is 29.4 Å². The molecule has 2 aliphatic rings. The minimum atomic E-state index is -4.81. The van der Waals surface area contributed by atoms with Crippen LogP contribution in [0.15, 0.2) is 46.6 Å². The Morgan fingerprint density at radius 2 is 1.95 bits per heavy atom. The van der Waals surface area contributed by atoms with Gasteiger partial charge in [0.2, 0.25) is 5.91 Å². The van der Waals surface area contributed by atoms with Gasteiger partial charge >= 0.3 is 11.9 Å². The molecule has 1 atom stereocenters. The molecule has 1 aromatic heterocycles. The molecule has 0 N–H and O–H groups in total. The fourth-order valence-corrected chi connectivity index (χ4v) is 6.67. The van der Waals surface area contributed by atoms with Gasteiger partial charge in [-0.15, -0.1) is 11.8 Å². The van der Waals surface area contributed by atoms with Crippen molar-refractivity contribution in [2.45, 2.75) is 23.7 Å². The van der Waals surface area contributed by atoms with E-state index in [2.05, 4.69) is 11.6 Å². The lowest BCUT2D eigenvalue weighted by molar-refractivity contribution is -0.137. The Morgan fingerprint density at radius 3 is 2.60 bits per heavy atom. The Balaban J connectivity index is 1.75. The second-order valence-electron chi connectivity index (χ2n) is 9.79. The minimum Gasteiger partial charge on any atom is -0.382 e. The molecule has 2 aromatic carbocycles. The smallest absolute Gasteiger partial charge is 0.382 e. The molecule has 5 rings (SSSR count). The quantitative estimate of drug-likeness (QED) is 0.211. The first-order valence-electron chi connectivity index (χ1n) is 13.1. The number of piperazine rings is 1. The van der Waals surface area contributed by atoms with E-state index in [1.165, 1.54) is 23.8 Å². The van der Waals surface area contributed by atoms with E-state index in [0.29, 0.717) is 6.61 Å². The Kier molecular flexibility index (Phi) is 8.83. The lowest BCUT2D eigenvalue weighted by Gasteiger charge is -2.35. The molecule has 0 saturated carbocycles. The second-order valence-corrected chi connectivity index (χ2v) is 11.2. The molecule has 1 unspecified atom stereocenters. The number of benzene rings is 2. The third kappa shape index (κ3) is 5.87. The van der Waals surface area contributed by atoms with Gasteiger partial charge in [-0.3, -0.25) is 9.36 Å². The maximum atomic E-state index is 14.8. The van der Waals surface area contributed by atoms with Crippen LogP contribution in [-0.2, 0) is 27.0 Å². The van der Waals surface area contributed by atoms with E-state index in [-0.39, 0.29) is 88.8 Å². The number of methoxy groups -OCH3 is 1. The van der Waals surface area contributed by atoms with Crippen LogP contribution in [0.3, 0.4) is 0 Å². The van der Waals surface area contributed by atoms with Crippen LogP contribution in [0.25, 0.3) is 22.0 Å². The van der Waals surface area contributed by atoms with Crippen LogP contribution in [-0.4, -0.2) is 78.7 Å². The van der Waals surface area contributed by atoms with Crippen LogP contribution in [0.2, 0.25) is 5.02 Å². The number of nitrogens with zero attached hydrogens (tertiary/aromatic N) is 4. The number of alkyl halides is 3. The molecule has 224 valence electrons. The lowest BCUT2D eigenvalue weighted by atomic mass is 9.96. The van der Waals surface area contributed by atoms with Gasteiger partial charge < -0.3 is 19.3 Å². The topological polar surface area (TPSA) is 76.9 Å². The summed E-state index contributed by atoms with van der Waals surface area (Å²) in [5, 5.41) is -0.186. The summed E-state index contributed by atoms with van der Waals surface area (Å²) in [6.07, 6.45) is -4.14. The van der Waals surface area contributed by atoms with E-state index in [0.717, 1.165) is 30.0 Å². The lowest BCUT2D eigenvalue weighted by Crippen LogP contribution is -2.49. The number of aromatic nitrogens is 2.